The normalized spacial score (nSPS) is 23.1. The van der Waals surface area contributed by atoms with E-state index >= 15 is 0 Å². The van der Waals surface area contributed by atoms with Crippen molar-refractivity contribution in [1.29, 1.82) is 0 Å². The summed E-state index contributed by atoms with van der Waals surface area (Å²) in [6, 6.07) is 8.07. The van der Waals surface area contributed by atoms with Crippen LogP contribution in [0, 0.1) is 0 Å². The molecule has 0 saturated carbocycles. The molecule has 0 bridgehead atoms. The van der Waals surface area contributed by atoms with Crippen LogP contribution in [0.15, 0.2) is 22.7 Å². The first-order valence-electron chi connectivity index (χ1n) is 7.44. The molecule has 19 heavy (non-hydrogen) atoms. The molecule has 1 N–H and O–H groups in total. The minimum atomic E-state index is 0.659. The molecule has 1 aliphatic heterocycles. The van der Waals surface area contributed by atoms with Crippen LogP contribution in [-0.4, -0.2) is 18.6 Å². The molecule has 1 aliphatic rings. The molecular formula is C16H25BrN2. The van der Waals surface area contributed by atoms with Gasteiger partial charge in [-0.05, 0) is 56.5 Å². The van der Waals surface area contributed by atoms with Crippen molar-refractivity contribution < 1.29 is 0 Å². The van der Waals surface area contributed by atoms with E-state index in [4.69, 9.17) is 0 Å². The molecule has 2 nitrogen and oxygen atoms in total. The Morgan fingerprint density at radius 2 is 2.11 bits per heavy atom. The molecule has 106 valence electrons. The van der Waals surface area contributed by atoms with Crippen LogP contribution in [0.1, 0.15) is 45.6 Å². The number of hydrogen-bond acceptors (Lipinski definition) is 2. The smallest absolute Gasteiger partial charge is 0.0417 e. The first kappa shape index (κ1) is 14.9. The Bertz CT molecular complexity index is 419. The second kappa shape index (κ2) is 6.76. The van der Waals surface area contributed by atoms with Gasteiger partial charge >= 0.3 is 0 Å². The predicted molar refractivity (Wildman–Crippen MR) is 86.8 cm³/mol. The fraction of sp³-hybridized carbons (Fsp3) is 0.625. The summed E-state index contributed by atoms with van der Waals surface area (Å²) in [7, 11) is 0. The highest BCUT2D eigenvalue weighted by Gasteiger charge is 2.30. The lowest BCUT2D eigenvalue weighted by molar-refractivity contribution is 0.621. The quantitative estimate of drug-likeness (QED) is 0.867. The van der Waals surface area contributed by atoms with Gasteiger partial charge in [-0.25, -0.2) is 0 Å². The van der Waals surface area contributed by atoms with Crippen molar-refractivity contribution in [3.8, 4) is 0 Å². The molecule has 2 rings (SSSR count). The van der Waals surface area contributed by atoms with Gasteiger partial charge in [0.05, 0.1) is 0 Å². The maximum Gasteiger partial charge on any atom is 0.0417 e. The molecule has 1 fully saturated rings. The van der Waals surface area contributed by atoms with Gasteiger partial charge in [-0.1, -0.05) is 29.8 Å². The van der Waals surface area contributed by atoms with Crippen LogP contribution < -0.4 is 10.2 Å². The summed E-state index contributed by atoms with van der Waals surface area (Å²) < 4.78 is 1.17. The van der Waals surface area contributed by atoms with E-state index in [9.17, 15) is 0 Å². The Morgan fingerprint density at radius 3 is 2.79 bits per heavy atom. The van der Waals surface area contributed by atoms with E-state index in [1.165, 1.54) is 35.0 Å². The van der Waals surface area contributed by atoms with Crippen LogP contribution in [0.3, 0.4) is 0 Å². The maximum atomic E-state index is 3.60. The third-order valence-electron chi connectivity index (χ3n) is 4.14. The van der Waals surface area contributed by atoms with Gasteiger partial charge in [0.15, 0.2) is 0 Å². The molecule has 1 heterocycles. The van der Waals surface area contributed by atoms with Crippen LogP contribution in [0.5, 0.6) is 0 Å². The summed E-state index contributed by atoms with van der Waals surface area (Å²) in [4.78, 5) is 2.64. The number of hydrogen-bond donors (Lipinski definition) is 1. The molecule has 1 saturated heterocycles. The lowest BCUT2D eigenvalue weighted by Gasteiger charge is -2.32. The van der Waals surface area contributed by atoms with Crippen LogP contribution >= 0.6 is 15.9 Å². The molecule has 1 aromatic carbocycles. The van der Waals surface area contributed by atoms with E-state index in [1.807, 2.05) is 0 Å². The van der Waals surface area contributed by atoms with E-state index in [2.05, 4.69) is 65.1 Å². The van der Waals surface area contributed by atoms with E-state index < -0.39 is 0 Å². The van der Waals surface area contributed by atoms with E-state index in [0.717, 1.165) is 13.1 Å². The van der Waals surface area contributed by atoms with Gasteiger partial charge in [-0.3, -0.25) is 0 Å². The summed E-state index contributed by atoms with van der Waals surface area (Å²) in [6.07, 6.45) is 3.88. The third-order valence-corrected chi connectivity index (χ3v) is 4.64. The molecule has 3 heteroatoms. The fourth-order valence-corrected chi connectivity index (χ4v) is 3.52. The van der Waals surface area contributed by atoms with Gasteiger partial charge in [0, 0.05) is 28.8 Å². The van der Waals surface area contributed by atoms with Crippen LogP contribution in [-0.2, 0) is 6.54 Å². The number of nitrogens with one attached hydrogen (secondary N) is 1. The number of benzene rings is 1. The van der Waals surface area contributed by atoms with Gasteiger partial charge in [-0.15, -0.1) is 0 Å². The summed E-state index contributed by atoms with van der Waals surface area (Å²) in [5, 5.41) is 3.46. The number of rotatable bonds is 5. The minimum Gasteiger partial charge on any atom is -0.366 e. The highest BCUT2D eigenvalue weighted by molar-refractivity contribution is 9.10. The standard InChI is InChI=1S/C16H25BrN2/c1-4-15-8-6-12(3)19(15)16-9-7-14(17)10-13(16)11-18-5-2/h7,9-10,12,15,18H,4-6,8,11H2,1-3H3. The minimum absolute atomic E-state index is 0.659. The van der Waals surface area contributed by atoms with Gasteiger partial charge in [0.1, 0.15) is 0 Å². The van der Waals surface area contributed by atoms with Crippen molar-refractivity contribution in [2.24, 2.45) is 0 Å². The molecule has 2 unspecified atom stereocenters. The average molecular weight is 325 g/mol. The van der Waals surface area contributed by atoms with Crippen molar-refractivity contribution >= 4 is 21.6 Å². The van der Waals surface area contributed by atoms with Crippen LogP contribution in [0.2, 0.25) is 0 Å². The van der Waals surface area contributed by atoms with Gasteiger partial charge in [-0.2, -0.15) is 0 Å². The lowest BCUT2D eigenvalue weighted by atomic mass is 10.1. The Morgan fingerprint density at radius 1 is 1.32 bits per heavy atom. The van der Waals surface area contributed by atoms with Crippen LogP contribution in [0.25, 0.3) is 0 Å². The molecular weight excluding hydrogens is 300 g/mol. The Hall–Kier alpha value is -0.540. The monoisotopic (exact) mass is 324 g/mol. The van der Waals surface area contributed by atoms with Crippen LogP contribution in [0.4, 0.5) is 5.69 Å². The van der Waals surface area contributed by atoms with Crippen molar-refractivity contribution in [3.63, 3.8) is 0 Å². The third kappa shape index (κ3) is 3.32. The summed E-state index contributed by atoms with van der Waals surface area (Å²) in [5.41, 5.74) is 2.82. The van der Waals surface area contributed by atoms with Crippen molar-refractivity contribution in [2.75, 3.05) is 11.4 Å². The zero-order chi connectivity index (χ0) is 13.8. The zero-order valence-electron chi connectivity index (χ0n) is 12.2. The fourth-order valence-electron chi connectivity index (χ4n) is 3.11. The van der Waals surface area contributed by atoms with E-state index in [1.54, 1.807) is 0 Å². The highest BCUT2D eigenvalue weighted by Crippen LogP contribution is 2.35. The van der Waals surface area contributed by atoms with E-state index in [-0.39, 0.29) is 0 Å². The van der Waals surface area contributed by atoms with Gasteiger partial charge < -0.3 is 10.2 Å². The number of halogens is 1. The molecule has 0 radical (unpaired) electrons. The molecule has 0 amide bonds. The highest BCUT2D eigenvalue weighted by atomic mass is 79.9. The lowest BCUT2D eigenvalue weighted by Crippen LogP contribution is -2.35. The summed E-state index contributed by atoms with van der Waals surface area (Å²) in [5.74, 6) is 0. The van der Waals surface area contributed by atoms with Crippen molar-refractivity contribution in [1.82, 2.24) is 5.32 Å². The Balaban J connectivity index is 2.31. The maximum absolute atomic E-state index is 3.60. The summed E-state index contributed by atoms with van der Waals surface area (Å²) in [6.45, 7) is 8.78. The Kier molecular flexibility index (Phi) is 5.28. The SMILES string of the molecule is CCNCc1cc(Br)ccc1N1C(C)CCC1CC. The Labute approximate surface area is 125 Å². The number of anilines is 1. The molecule has 0 spiro atoms. The predicted octanol–water partition coefficient (Wildman–Crippen LogP) is 4.33. The van der Waals surface area contributed by atoms with Crippen molar-refractivity contribution in [3.05, 3.63) is 28.2 Å². The molecule has 0 aromatic heterocycles. The second-order valence-electron chi connectivity index (χ2n) is 5.45. The topological polar surface area (TPSA) is 15.3 Å². The molecule has 1 aromatic rings. The van der Waals surface area contributed by atoms with E-state index in [0.29, 0.717) is 12.1 Å². The first-order chi connectivity index (χ1) is 9.17. The van der Waals surface area contributed by atoms with Gasteiger partial charge in [0.25, 0.3) is 0 Å². The second-order valence-corrected chi connectivity index (χ2v) is 6.36. The summed E-state index contributed by atoms with van der Waals surface area (Å²) >= 11 is 3.60. The first-order valence-corrected chi connectivity index (χ1v) is 8.24. The zero-order valence-corrected chi connectivity index (χ0v) is 13.8. The average Bonchev–Trinajstić information content (AvgIpc) is 2.77. The molecule has 0 aliphatic carbocycles. The largest absolute Gasteiger partial charge is 0.366 e. The molecule has 2 atom stereocenters. The van der Waals surface area contributed by atoms with Crippen molar-refractivity contribution in [2.45, 2.75) is 58.7 Å². The number of nitrogens with zero attached hydrogens (tertiary/aromatic N) is 1. The van der Waals surface area contributed by atoms with Gasteiger partial charge in [0.2, 0.25) is 0 Å².